The summed E-state index contributed by atoms with van der Waals surface area (Å²) in [5, 5.41) is 6.49. The van der Waals surface area contributed by atoms with Gasteiger partial charge in [0.15, 0.2) is 0 Å². The van der Waals surface area contributed by atoms with Gasteiger partial charge in [0.05, 0.1) is 12.1 Å². The minimum Gasteiger partial charge on any atom is -0.364 e. The number of nitrogens with zero attached hydrogens (tertiary/aromatic N) is 1. The van der Waals surface area contributed by atoms with E-state index in [2.05, 4.69) is 30.9 Å². The van der Waals surface area contributed by atoms with Crippen LogP contribution in [0.2, 0.25) is 0 Å². The number of hydrogen-bond acceptors (Lipinski definition) is 3. The number of aryl methyl sites for hydroxylation is 1. The predicted octanol–water partition coefficient (Wildman–Crippen LogP) is 2.93. The van der Waals surface area contributed by atoms with E-state index in [0.29, 0.717) is 5.69 Å². The van der Waals surface area contributed by atoms with Crippen LogP contribution in [0.1, 0.15) is 11.3 Å². The number of aromatic nitrogens is 1. The van der Waals surface area contributed by atoms with Crippen molar-refractivity contribution in [2.24, 2.45) is 0 Å². The SMILES string of the molecule is Cc1cc(NC(=O)Cc2ccon2)ccc1Br. The van der Waals surface area contributed by atoms with Gasteiger partial charge in [-0.3, -0.25) is 4.79 Å². The number of rotatable bonds is 3. The van der Waals surface area contributed by atoms with Gasteiger partial charge < -0.3 is 9.84 Å². The highest BCUT2D eigenvalue weighted by Crippen LogP contribution is 2.20. The molecule has 0 fully saturated rings. The fourth-order valence-corrected chi connectivity index (χ4v) is 1.67. The number of benzene rings is 1. The Labute approximate surface area is 107 Å². The average molecular weight is 295 g/mol. The normalized spacial score (nSPS) is 10.2. The molecule has 2 aromatic rings. The molecule has 0 aliphatic rings. The molecule has 0 saturated heterocycles. The topological polar surface area (TPSA) is 55.1 Å². The van der Waals surface area contributed by atoms with E-state index in [-0.39, 0.29) is 12.3 Å². The van der Waals surface area contributed by atoms with Crippen LogP contribution in [0.4, 0.5) is 5.69 Å². The van der Waals surface area contributed by atoms with E-state index in [1.165, 1.54) is 6.26 Å². The van der Waals surface area contributed by atoms with Crippen LogP contribution in [-0.2, 0) is 11.2 Å². The van der Waals surface area contributed by atoms with Crippen molar-refractivity contribution in [1.29, 1.82) is 0 Å². The average Bonchev–Trinajstić information content (AvgIpc) is 2.76. The molecule has 88 valence electrons. The van der Waals surface area contributed by atoms with E-state index in [0.717, 1.165) is 15.7 Å². The van der Waals surface area contributed by atoms with Gasteiger partial charge in [0.2, 0.25) is 5.91 Å². The van der Waals surface area contributed by atoms with Crippen LogP contribution < -0.4 is 5.32 Å². The van der Waals surface area contributed by atoms with Crippen LogP contribution in [0.25, 0.3) is 0 Å². The number of amides is 1. The first-order chi connectivity index (χ1) is 8.15. The molecule has 1 aromatic carbocycles. The molecule has 0 aliphatic carbocycles. The number of halogens is 1. The summed E-state index contributed by atoms with van der Waals surface area (Å²) in [4.78, 5) is 11.7. The largest absolute Gasteiger partial charge is 0.364 e. The molecule has 2 rings (SSSR count). The maximum atomic E-state index is 11.7. The van der Waals surface area contributed by atoms with Gasteiger partial charge in [-0.15, -0.1) is 0 Å². The second kappa shape index (κ2) is 5.14. The molecule has 1 heterocycles. The summed E-state index contributed by atoms with van der Waals surface area (Å²) in [5.74, 6) is -0.111. The van der Waals surface area contributed by atoms with E-state index in [1.807, 2.05) is 25.1 Å². The number of nitrogens with one attached hydrogen (secondary N) is 1. The van der Waals surface area contributed by atoms with Crippen LogP contribution in [0.3, 0.4) is 0 Å². The first kappa shape index (κ1) is 11.9. The maximum Gasteiger partial charge on any atom is 0.230 e. The highest BCUT2D eigenvalue weighted by molar-refractivity contribution is 9.10. The summed E-state index contributed by atoms with van der Waals surface area (Å²) in [5.41, 5.74) is 2.47. The summed E-state index contributed by atoms with van der Waals surface area (Å²) < 4.78 is 5.68. The minimum atomic E-state index is -0.111. The van der Waals surface area contributed by atoms with Gasteiger partial charge in [0, 0.05) is 16.2 Å². The second-order valence-corrected chi connectivity index (χ2v) is 4.53. The molecule has 1 amide bonds. The molecule has 0 atom stereocenters. The summed E-state index contributed by atoms with van der Waals surface area (Å²) in [6, 6.07) is 7.33. The molecule has 1 N–H and O–H groups in total. The van der Waals surface area contributed by atoms with Crippen LogP contribution in [0, 0.1) is 6.92 Å². The standard InChI is InChI=1S/C12H11BrN2O2/c1-8-6-9(2-3-11(8)13)14-12(16)7-10-4-5-17-15-10/h2-6H,7H2,1H3,(H,14,16). The number of anilines is 1. The molecule has 0 spiro atoms. The lowest BCUT2D eigenvalue weighted by Gasteiger charge is -2.05. The fourth-order valence-electron chi connectivity index (χ4n) is 1.42. The maximum absolute atomic E-state index is 11.7. The lowest BCUT2D eigenvalue weighted by molar-refractivity contribution is -0.115. The third-order valence-electron chi connectivity index (χ3n) is 2.27. The van der Waals surface area contributed by atoms with E-state index >= 15 is 0 Å². The highest BCUT2D eigenvalue weighted by Gasteiger charge is 2.06. The molecule has 1 aromatic heterocycles. The molecule has 0 bridgehead atoms. The van der Waals surface area contributed by atoms with Crippen LogP contribution in [0.5, 0.6) is 0 Å². The minimum absolute atomic E-state index is 0.111. The smallest absolute Gasteiger partial charge is 0.230 e. The molecule has 17 heavy (non-hydrogen) atoms. The van der Waals surface area contributed by atoms with Crippen molar-refractivity contribution in [2.75, 3.05) is 5.32 Å². The van der Waals surface area contributed by atoms with Gasteiger partial charge in [0.1, 0.15) is 6.26 Å². The summed E-state index contributed by atoms with van der Waals surface area (Å²) in [6.07, 6.45) is 1.66. The van der Waals surface area contributed by atoms with Gasteiger partial charge in [-0.1, -0.05) is 21.1 Å². The van der Waals surface area contributed by atoms with Crippen LogP contribution in [-0.4, -0.2) is 11.1 Å². The van der Waals surface area contributed by atoms with Crippen molar-refractivity contribution in [1.82, 2.24) is 5.16 Å². The Morgan fingerprint density at radius 2 is 2.29 bits per heavy atom. The Morgan fingerprint density at radius 1 is 1.47 bits per heavy atom. The van der Waals surface area contributed by atoms with Crippen molar-refractivity contribution in [3.63, 3.8) is 0 Å². The Hall–Kier alpha value is -1.62. The molecule has 0 aliphatic heterocycles. The van der Waals surface area contributed by atoms with Gasteiger partial charge in [-0.25, -0.2) is 0 Å². The van der Waals surface area contributed by atoms with Crippen molar-refractivity contribution >= 4 is 27.5 Å². The lowest BCUT2D eigenvalue weighted by atomic mass is 10.2. The molecular weight excluding hydrogens is 284 g/mol. The van der Waals surface area contributed by atoms with E-state index in [9.17, 15) is 4.79 Å². The van der Waals surface area contributed by atoms with Gasteiger partial charge in [-0.05, 0) is 30.7 Å². The third-order valence-corrected chi connectivity index (χ3v) is 3.16. The molecule has 4 nitrogen and oxygen atoms in total. The summed E-state index contributed by atoms with van der Waals surface area (Å²) >= 11 is 3.41. The zero-order valence-corrected chi connectivity index (χ0v) is 10.8. The van der Waals surface area contributed by atoms with E-state index < -0.39 is 0 Å². The van der Waals surface area contributed by atoms with Crippen LogP contribution >= 0.6 is 15.9 Å². The lowest BCUT2D eigenvalue weighted by Crippen LogP contribution is -2.14. The van der Waals surface area contributed by atoms with Crippen molar-refractivity contribution in [3.8, 4) is 0 Å². The molecule has 5 heteroatoms. The molecule has 0 radical (unpaired) electrons. The highest BCUT2D eigenvalue weighted by atomic mass is 79.9. The fraction of sp³-hybridized carbons (Fsp3) is 0.167. The Morgan fingerprint density at radius 3 is 2.94 bits per heavy atom. The van der Waals surface area contributed by atoms with Gasteiger partial charge in [0.25, 0.3) is 0 Å². The van der Waals surface area contributed by atoms with Crippen molar-refractivity contribution in [2.45, 2.75) is 13.3 Å². The Balaban J connectivity index is 2.00. The molecule has 0 saturated carbocycles. The van der Waals surface area contributed by atoms with Crippen molar-refractivity contribution < 1.29 is 9.32 Å². The second-order valence-electron chi connectivity index (χ2n) is 3.68. The Kier molecular flexibility index (Phi) is 3.58. The third kappa shape index (κ3) is 3.17. The number of hydrogen-bond donors (Lipinski definition) is 1. The Bertz CT molecular complexity index is 523. The number of carbonyl (C=O) groups excluding carboxylic acids is 1. The van der Waals surface area contributed by atoms with Crippen molar-refractivity contribution in [3.05, 3.63) is 46.3 Å². The predicted molar refractivity (Wildman–Crippen MR) is 67.7 cm³/mol. The summed E-state index contributed by atoms with van der Waals surface area (Å²) in [7, 11) is 0. The first-order valence-corrected chi connectivity index (χ1v) is 5.90. The zero-order valence-electron chi connectivity index (χ0n) is 9.24. The van der Waals surface area contributed by atoms with Gasteiger partial charge >= 0.3 is 0 Å². The number of carbonyl (C=O) groups is 1. The monoisotopic (exact) mass is 294 g/mol. The zero-order chi connectivity index (χ0) is 12.3. The quantitative estimate of drug-likeness (QED) is 0.947. The van der Waals surface area contributed by atoms with E-state index in [4.69, 9.17) is 0 Å². The molecule has 0 unspecified atom stereocenters. The summed E-state index contributed by atoms with van der Waals surface area (Å²) in [6.45, 7) is 1.97. The molecular formula is C12H11BrN2O2. The van der Waals surface area contributed by atoms with E-state index in [1.54, 1.807) is 6.07 Å². The first-order valence-electron chi connectivity index (χ1n) is 5.10. The van der Waals surface area contributed by atoms with Crippen LogP contribution in [0.15, 0.2) is 39.5 Å². The van der Waals surface area contributed by atoms with Gasteiger partial charge in [-0.2, -0.15) is 0 Å².